The predicted octanol–water partition coefficient (Wildman–Crippen LogP) is 5.01. The van der Waals surface area contributed by atoms with Gasteiger partial charge in [-0.15, -0.1) is 0 Å². The highest BCUT2D eigenvalue weighted by Crippen LogP contribution is 2.36. The standard InChI is InChI=1S/C22H22F6IN3O4S/c1-11-14(8-9-15(30-11)36-19(21(23,24)25)22(26,27)28)31-17(33)12-6-5-7-13(29)16(12)18(34)32-20(2,3)10-37(4)35/h5-9,19H,10H2,1-4H3,(H,31,33)(H,32,34). The first-order chi connectivity index (χ1) is 16.8. The Labute approximate surface area is 224 Å². The fraction of sp³-hybridized carbons (Fsp3) is 0.409. The SMILES string of the molecule is Cc1nc(OC(C(F)(F)F)C(F)(F)F)ccc1NC(=O)c1cccc(I)c1C(=O)NC(C)(C)CS(C)=O. The molecule has 204 valence electrons. The molecule has 0 aliphatic heterocycles. The molecule has 1 aromatic carbocycles. The van der Waals surface area contributed by atoms with E-state index in [1.165, 1.54) is 25.3 Å². The third-order valence-corrected chi connectivity index (χ3v) is 6.67. The molecular weight excluding hydrogens is 643 g/mol. The summed E-state index contributed by atoms with van der Waals surface area (Å²) in [6.07, 6.45) is -14.0. The van der Waals surface area contributed by atoms with Crippen molar-refractivity contribution in [1.82, 2.24) is 10.3 Å². The van der Waals surface area contributed by atoms with Gasteiger partial charge in [-0.1, -0.05) is 6.07 Å². The lowest BCUT2D eigenvalue weighted by Gasteiger charge is -2.26. The van der Waals surface area contributed by atoms with Crippen molar-refractivity contribution in [2.45, 2.75) is 44.8 Å². The molecule has 0 aliphatic rings. The second kappa shape index (κ2) is 11.5. The number of rotatable bonds is 8. The molecule has 37 heavy (non-hydrogen) atoms. The smallest absolute Gasteiger partial charge is 0.434 e. The summed E-state index contributed by atoms with van der Waals surface area (Å²) in [7, 11) is -1.21. The van der Waals surface area contributed by atoms with Crippen LogP contribution in [0.1, 0.15) is 40.3 Å². The number of amides is 2. The van der Waals surface area contributed by atoms with E-state index in [1.807, 2.05) is 22.6 Å². The highest BCUT2D eigenvalue weighted by atomic mass is 127. The number of nitrogens with zero attached hydrogens (tertiary/aromatic N) is 1. The van der Waals surface area contributed by atoms with Gasteiger partial charge in [0.1, 0.15) is 0 Å². The molecule has 1 aromatic heterocycles. The van der Waals surface area contributed by atoms with Gasteiger partial charge in [-0.05, 0) is 61.6 Å². The van der Waals surface area contributed by atoms with Crippen molar-refractivity contribution in [1.29, 1.82) is 0 Å². The number of benzene rings is 1. The molecule has 0 fully saturated rings. The van der Waals surface area contributed by atoms with E-state index in [9.17, 15) is 40.1 Å². The Kier molecular flexibility index (Phi) is 9.60. The number of aryl methyl sites for hydroxylation is 1. The molecule has 15 heteroatoms. The Morgan fingerprint density at radius 1 is 1.05 bits per heavy atom. The summed E-state index contributed by atoms with van der Waals surface area (Å²) in [5, 5.41) is 5.19. The Bertz CT molecular complexity index is 1190. The maximum Gasteiger partial charge on any atom is 0.434 e. The van der Waals surface area contributed by atoms with Crippen LogP contribution in [0.2, 0.25) is 0 Å². The van der Waals surface area contributed by atoms with Gasteiger partial charge in [-0.3, -0.25) is 13.8 Å². The maximum atomic E-state index is 13.0. The van der Waals surface area contributed by atoms with Gasteiger partial charge in [0.2, 0.25) is 5.88 Å². The molecule has 2 amide bonds. The van der Waals surface area contributed by atoms with E-state index in [4.69, 9.17) is 0 Å². The fourth-order valence-electron chi connectivity index (χ4n) is 3.22. The Morgan fingerprint density at radius 2 is 1.65 bits per heavy atom. The molecule has 1 atom stereocenters. The van der Waals surface area contributed by atoms with Crippen LogP contribution in [-0.2, 0) is 10.8 Å². The number of anilines is 1. The van der Waals surface area contributed by atoms with Crippen LogP contribution in [0.5, 0.6) is 5.88 Å². The van der Waals surface area contributed by atoms with E-state index in [1.54, 1.807) is 19.9 Å². The highest BCUT2D eigenvalue weighted by Gasteiger charge is 2.59. The molecule has 0 bridgehead atoms. The van der Waals surface area contributed by atoms with Crippen LogP contribution in [0.3, 0.4) is 0 Å². The minimum atomic E-state index is -5.72. The molecule has 0 saturated carbocycles. The molecule has 0 aliphatic carbocycles. The van der Waals surface area contributed by atoms with Gasteiger partial charge >= 0.3 is 12.4 Å². The number of carbonyl (C=O) groups excluding carboxylic acids is 2. The van der Waals surface area contributed by atoms with Crippen LogP contribution in [0, 0.1) is 10.5 Å². The molecule has 2 rings (SSSR count). The van der Waals surface area contributed by atoms with Crippen molar-refractivity contribution in [2.24, 2.45) is 0 Å². The number of nitrogens with one attached hydrogen (secondary N) is 2. The van der Waals surface area contributed by atoms with E-state index in [2.05, 4.69) is 20.4 Å². The highest BCUT2D eigenvalue weighted by molar-refractivity contribution is 14.1. The zero-order valence-corrected chi connectivity index (χ0v) is 22.8. The van der Waals surface area contributed by atoms with Crippen molar-refractivity contribution < 1.29 is 44.9 Å². The molecular formula is C22H22F6IN3O4S. The van der Waals surface area contributed by atoms with Crippen molar-refractivity contribution >= 4 is 50.9 Å². The lowest BCUT2D eigenvalue weighted by molar-refractivity contribution is -0.300. The topological polar surface area (TPSA) is 97.4 Å². The first-order valence-corrected chi connectivity index (χ1v) is 13.1. The van der Waals surface area contributed by atoms with E-state index in [-0.39, 0.29) is 28.3 Å². The normalized spacial score (nSPS) is 13.3. The number of pyridine rings is 1. The van der Waals surface area contributed by atoms with Crippen LogP contribution >= 0.6 is 22.6 Å². The van der Waals surface area contributed by atoms with E-state index in [0.29, 0.717) is 3.57 Å². The zero-order chi connectivity index (χ0) is 28.3. The van der Waals surface area contributed by atoms with Crippen LogP contribution < -0.4 is 15.4 Å². The summed E-state index contributed by atoms with van der Waals surface area (Å²) in [4.78, 5) is 29.6. The summed E-state index contributed by atoms with van der Waals surface area (Å²) in [6.45, 7) is 4.58. The first kappa shape index (κ1) is 30.8. The quantitative estimate of drug-likeness (QED) is 0.306. The number of alkyl halides is 6. The molecule has 0 spiro atoms. The lowest BCUT2D eigenvalue weighted by atomic mass is 10.0. The monoisotopic (exact) mass is 665 g/mol. The lowest BCUT2D eigenvalue weighted by Crippen LogP contribution is -2.47. The minimum Gasteiger partial charge on any atom is -0.455 e. The largest absolute Gasteiger partial charge is 0.455 e. The van der Waals surface area contributed by atoms with E-state index < -0.39 is 52.5 Å². The van der Waals surface area contributed by atoms with Gasteiger partial charge in [0.25, 0.3) is 17.9 Å². The maximum absolute atomic E-state index is 13.0. The number of carbonyl (C=O) groups is 2. The van der Waals surface area contributed by atoms with Crippen LogP contribution in [-0.4, -0.2) is 57.0 Å². The second-order valence-electron chi connectivity index (χ2n) is 8.54. The minimum absolute atomic E-state index is 0.0272. The third-order valence-electron chi connectivity index (χ3n) is 4.64. The van der Waals surface area contributed by atoms with Gasteiger partial charge in [0, 0.05) is 38.0 Å². The fourth-order valence-corrected chi connectivity index (χ4v) is 5.06. The molecule has 1 unspecified atom stereocenters. The van der Waals surface area contributed by atoms with Gasteiger partial charge < -0.3 is 15.4 Å². The first-order valence-electron chi connectivity index (χ1n) is 10.3. The molecule has 1 heterocycles. The van der Waals surface area contributed by atoms with Crippen LogP contribution in [0.4, 0.5) is 32.0 Å². The van der Waals surface area contributed by atoms with Crippen LogP contribution in [0.25, 0.3) is 0 Å². The second-order valence-corrected chi connectivity index (χ2v) is 11.1. The summed E-state index contributed by atoms with van der Waals surface area (Å²) in [5.74, 6) is -2.16. The van der Waals surface area contributed by atoms with Crippen molar-refractivity contribution in [3.63, 3.8) is 0 Å². The third kappa shape index (κ3) is 8.55. The number of ether oxygens (including phenoxy) is 1. The molecule has 0 radical (unpaired) electrons. The average molecular weight is 665 g/mol. The number of hydrogen-bond donors (Lipinski definition) is 2. The Balaban J connectivity index is 2.30. The zero-order valence-electron chi connectivity index (χ0n) is 19.8. The summed E-state index contributed by atoms with van der Waals surface area (Å²) < 4.78 is 92.7. The molecule has 7 nitrogen and oxygen atoms in total. The summed E-state index contributed by atoms with van der Waals surface area (Å²) >= 11 is 1.86. The van der Waals surface area contributed by atoms with Gasteiger partial charge in [-0.25, -0.2) is 4.98 Å². The van der Waals surface area contributed by atoms with Crippen molar-refractivity contribution in [3.8, 4) is 5.88 Å². The molecule has 2 aromatic rings. The summed E-state index contributed by atoms with van der Waals surface area (Å²) in [5.41, 5.74) is -1.03. The number of halogens is 7. The van der Waals surface area contributed by atoms with E-state index >= 15 is 0 Å². The number of hydrogen-bond acceptors (Lipinski definition) is 5. The van der Waals surface area contributed by atoms with Gasteiger partial charge in [0.15, 0.2) is 0 Å². The average Bonchev–Trinajstić information content (AvgIpc) is 2.70. The predicted molar refractivity (Wildman–Crippen MR) is 133 cm³/mol. The van der Waals surface area contributed by atoms with Crippen molar-refractivity contribution in [3.05, 3.63) is 50.7 Å². The summed E-state index contributed by atoms with van der Waals surface area (Å²) in [6, 6.07) is 6.27. The van der Waals surface area contributed by atoms with Crippen molar-refractivity contribution in [2.75, 3.05) is 17.3 Å². The molecule has 0 saturated heterocycles. The van der Waals surface area contributed by atoms with Crippen LogP contribution in [0.15, 0.2) is 30.3 Å². The van der Waals surface area contributed by atoms with E-state index in [0.717, 1.165) is 12.1 Å². The van der Waals surface area contributed by atoms with Gasteiger partial charge in [0.05, 0.1) is 22.5 Å². The molecule has 2 N–H and O–H groups in total. The Morgan fingerprint density at radius 3 is 2.16 bits per heavy atom. The Hall–Kier alpha value is -2.43. The number of aromatic nitrogens is 1. The van der Waals surface area contributed by atoms with Gasteiger partial charge in [-0.2, -0.15) is 26.3 Å².